The average Bonchev–Trinajstić information content (AvgIpc) is 2.17. The number of hydrogen-bond donors (Lipinski definition) is 1. The number of rotatable bonds is 3. The zero-order valence-corrected chi connectivity index (χ0v) is 9.53. The molecule has 0 aromatic heterocycles. The molecule has 0 aliphatic rings. The molecule has 0 aliphatic carbocycles. The molecular formula is C11H14O3S. The molecule has 0 amide bonds. The third-order valence-corrected chi connectivity index (χ3v) is 3.01. The van der Waals surface area contributed by atoms with E-state index in [2.05, 4.69) is 0 Å². The molecule has 1 rings (SSSR count). The zero-order valence-electron chi connectivity index (χ0n) is 8.71. The first-order chi connectivity index (χ1) is 6.95. The number of benzene rings is 1. The highest BCUT2D eigenvalue weighted by Gasteiger charge is 2.10. The molecule has 1 N–H and O–H groups in total. The number of allylic oxidation sites excluding steroid dienone is 2. The molecular weight excluding hydrogens is 212 g/mol. The van der Waals surface area contributed by atoms with Crippen LogP contribution in [0.1, 0.15) is 25.3 Å². The van der Waals surface area contributed by atoms with Gasteiger partial charge in [0.15, 0.2) is 0 Å². The van der Waals surface area contributed by atoms with Gasteiger partial charge in [-0.15, -0.1) is 0 Å². The molecule has 0 spiro atoms. The van der Waals surface area contributed by atoms with Crippen LogP contribution in [0, 0.1) is 0 Å². The number of hydrogen-bond acceptors (Lipinski definition) is 2. The van der Waals surface area contributed by atoms with Crippen molar-refractivity contribution in [2.24, 2.45) is 0 Å². The molecule has 82 valence electrons. The van der Waals surface area contributed by atoms with Crippen LogP contribution in [0.5, 0.6) is 0 Å². The normalized spacial score (nSPS) is 14.3. The van der Waals surface area contributed by atoms with E-state index >= 15 is 0 Å². The monoisotopic (exact) mass is 226 g/mol. The quantitative estimate of drug-likeness (QED) is 0.636. The maximum absolute atomic E-state index is 10.9. The SMILES string of the molecule is CC=CC(C)c1cccc(S(=O)(=O)O)c1. The van der Waals surface area contributed by atoms with Crippen molar-refractivity contribution in [1.29, 1.82) is 0 Å². The van der Waals surface area contributed by atoms with Crippen LogP contribution < -0.4 is 0 Å². The molecule has 0 saturated heterocycles. The lowest BCUT2D eigenvalue weighted by Crippen LogP contribution is -1.99. The molecule has 0 heterocycles. The predicted molar refractivity (Wildman–Crippen MR) is 59.5 cm³/mol. The Morgan fingerprint density at radius 3 is 2.60 bits per heavy atom. The first kappa shape index (κ1) is 11.9. The molecule has 15 heavy (non-hydrogen) atoms. The predicted octanol–water partition coefficient (Wildman–Crippen LogP) is 2.61. The summed E-state index contributed by atoms with van der Waals surface area (Å²) in [6, 6.07) is 6.32. The summed E-state index contributed by atoms with van der Waals surface area (Å²) in [6.45, 7) is 3.87. The Bertz CT molecular complexity index is 460. The van der Waals surface area contributed by atoms with E-state index in [9.17, 15) is 8.42 Å². The van der Waals surface area contributed by atoms with E-state index in [1.807, 2.05) is 32.1 Å². The highest BCUT2D eigenvalue weighted by molar-refractivity contribution is 7.85. The van der Waals surface area contributed by atoms with Gasteiger partial charge in [0.05, 0.1) is 4.90 Å². The minimum absolute atomic E-state index is 0.0589. The van der Waals surface area contributed by atoms with Gasteiger partial charge in [0, 0.05) is 0 Å². The molecule has 1 atom stereocenters. The third-order valence-electron chi connectivity index (χ3n) is 2.16. The van der Waals surface area contributed by atoms with E-state index in [1.54, 1.807) is 6.07 Å². The van der Waals surface area contributed by atoms with Crippen molar-refractivity contribution in [2.75, 3.05) is 0 Å². The third kappa shape index (κ3) is 3.18. The fourth-order valence-electron chi connectivity index (χ4n) is 1.36. The molecule has 1 unspecified atom stereocenters. The Morgan fingerprint density at radius 2 is 2.07 bits per heavy atom. The first-order valence-electron chi connectivity index (χ1n) is 4.65. The fourth-order valence-corrected chi connectivity index (χ4v) is 1.89. The van der Waals surface area contributed by atoms with Crippen molar-refractivity contribution in [1.82, 2.24) is 0 Å². The first-order valence-corrected chi connectivity index (χ1v) is 6.09. The topological polar surface area (TPSA) is 54.4 Å². The second-order valence-corrected chi connectivity index (χ2v) is 4.78. The van der Waals surface area contributed by atoms with E-state index < -0.39 is 10.1 Å². The van der Waals surface area contributed by atoms with Crippen LogP contribution in [0.2, 0.25) is 0 Å². The van der Waals surface area contributed by atoms with Crippen LogP contribution in [0.15, 0.2) is 41.3 Å². The van der Waals surface area contributed by atoms with Gasteiger partial charge >= 0.3 is 0 Å². The highest BCUT2D eigenvalue weighted by atomic mass is 32.2. The summed E-state index contributed by atoms with van der Waals surface area (Å²) in [6.07, 6.45) is 3.87. The molecule has 1 aromatic carbocycles. The van der Waals surface area contributed by atoms with Crippen LogP contribution in [-0.4, -0.2) is 13.0 Å². The summed E-state index contributed by atoms with van der Waals surface area (Å²) in [5.41, 5.74) is 0.864. The van der Waals surface area contributed by atoms with Crippen molar-refractivity contribution in [3.63, 3.8) is 0 Å². The molecule has 0 fully saturated rings. The second kappa shape index (κ2) is 4.59. The summed E-state index contributed by atoms with van der Waals surface area (Å²) in [4.78, 5) is -0.0589. The van der Waals surface area contributed by atoms with Crippen molar-refractivity contribution in [3.05, 3.63) is 42.0 Å². The smallest absolute Gasteiger partial charge is 0.282 e. The van der Waals surface area contributed by atoms with Crippen LogP contribution >= 0.6 is 0 Å². The van der Waals surface area contributed by atoms with Gasteiger partial charge in [-0.05, 0) is 30.5 Å². The Morgan fingerprint density at radius 1 is 1.40 bits per heavy atom. The lowest BCUT2D eigenvalue weighted by Gasteiger charge is -2.07. The lowest BCUT2D eigenvalue weighted by molar-refractivity contribution is 0.483. The summed E-state index contributed by atoms with van der Waals surface area (Å²) in [5, 5.41) is 0. The lowest BCUT2D eigenvalue weighted by atomic mass is 10.0. The summed E-state index contributed by atoms with van der Waals surface area (Å²) in [7, 11) is -4.10. The van der Waals surface area contributed by atoms with Gasteiger partial charge in [-0.25, -0.2) is 0 Å². The van der Waals surface area contributed by atoms with E-state index in [1.165, 1.54) is 12.1 Å². The molecule has 4 heteroatoms. The molecule has 0 radical (unpaired) electrons. The van der Waals surface area contributed by atoms with Gasteiger partial charge in [-0.2, -0.15) is 8.42 Å². The van der Waals surface area contributed by atoms with E-state index in [0.717, 1.165) is 5.56 Å². The Hall–Kier alpha value is -1.13. The minimum Gasteiger partial charge on any atom is -0.282 e. The second-order valence-electron chi connectivity index (χ2n) is 3.36. The van der Waals surface area contributed by atoms with Gasteiger partial charge in [0.1, 0.15) is 0 Å². The van der Waals surface area contributed by atoms with Crippen LogP contribution in [0.25, 0.3) is 0 Å². The van der Waals surface area contributed by atoms with Crippen molar-refractivity contribution in [3.8, 4) is 0 Å². The molecule has 0 saturated carbocycles. The van der Waals surface area contributed by atoms with Gasteiger partial charge in [-0.3, -0.25) is 4.55 Å². The van der Waals surface area contributed by atoms with Gasteiger partial charge < -0.3 is 0 Å². The maximum atomic E-state index is 10.9. The zero-order chi connectivity index (χ0) is 11.5. The molecule has 0 aliphatic heterocycles. The Kier molecular flexibility index (Phi) is 3.66. The molecule has 3 nitrogen and oxygen atoms in total. The summed E-state index contributed by atoms with van der Waals surface area (Å²) >= 11 is 0. The van der Waals surface area contributed by atoms with Crippen LogP contribution in [0.4, 0.5) is 0 Å². The fraction of sp³-hybridized carbons (Fsp3) is 0.273. The Labute approximate surface area is 90.2 Å². The largest absolute Gasteiger partial charge is 0.294 e. The summed E-state index contributed by atoms with van der Waals surface area (Å²) in [5.74, 6) is 0.136. The summed E-state index contributed by atoms with van der Waals surface area (Å²) < 4.78 is 30.7. The van der Waals surface area contributed by atoms with E-state index in [0.29, 0.717) is 0 Å². The van der Waals surface area contributed by atoms with Crippen LogP contribution in [-0.2, 0) is 10.1 Å². The maximum Gasteiger partial charge on any atom is 0.294 e. The standard InChI is InChI=1S/C11H14O3S/c1-3-5-9(2)10-6-4-7-11(8-10)15(12,13)14/h3-9H,1-2H3,(H,12,13,14). The van der Waals surface area contributed by atoms with Gasteiger partial charge in [-0.1, -0.05) is 31.2 Å². The minimum atomic E-state index is -4.10. The van der Waals surface area contributed by atoms with Crippen LogP contribution in [0.3, 0.4) is 0 Å². The highest BCUT2D eigenvalue weighted by Crippen LogP contribution is 2.19. The van der Waals surface area contributed by atoms with Crippen molar-refractivity contribution < 1.29 is 13.0 Å². The van der Waals surface area contributed by atoms with Gasteiger partial charge in [0.2, 0.25) is 0 Å². The molecule has 0 bridgehead atoms. The molecule has 1 aromatic rings. The van der Waals surface area contributed by atoms with Crippen molar-refractivity contribution >= 4 is 10.1 Å². The average molecular weight is 226 g/mol. The van der Waals surface area contributed by atoms with E-state index in [4.69, 9.17) is 4.55 Å². The van der Waals surface area contributed by atoms with Gasteiger partial charge in [0.25, 0.3) is 10.1 Å². The Balaban J connectivity index is 3.14. The van der Waals surface area contributed by atoms with Crippen molar-refractivity contribution in [2.45, 2.75) is 24.7 Å². The van der Waals surface area contributed by atoms with E-state index in [-0.39, 0.29) is 10.8 Å².